The molecule has 0 spiro atoms. The van der Waals surface area contributed by atoms with Crippen LogP contribution in [-0.2, 0) is 4.79 Å². The number of benzene rings is 1. The zero-order valence-electron chi connectivity index (χ0n) is 12.7. The summed E-state index contributed by atoms with van der Waals surface area (Å²) in [5.74, 6) is 0.602. The molecule has 21 heavy (non-hydrogen) atoms. The largest absolute Gasteiger partial charge is 0.482 e. The predicted molar refractivity (Wildman–Crippen MR) is 84.9 cm³/mol. The van der Waals surface area contributed by atoms with E-state index >= 15 is 0 Å². The van der Waals surface area contributed by atoms with Gasteiger partial charge in [0.15, 0.2) is 6.61 Å². The molecule has 1 fully saturated rings. The van der Waals surface area contributed by atoms with Crippen molar-refractivity contribution >= 4 is 17.5 Å². The lowest BCUT2D eigenvalue weighted by atomic mass is 10.1. The van der Waals surface area contributed by atoms with Crippen molar-refractivity contribution in [3.8, 4) is 5.75 Å². The van der Waals surface area contributed by atoms with E-state index in [2.05, 4.69) is 19.2 Å². The minimum Gasteiger partial charge on any atom is -0.482 e. The van der Waals surface area contributed by atoms with Gasteiger partial charge in [-0.2, -0.15) is 0 Å². The van der Waals surface area contributed by atoms with Crippen LogP contribution in [-0.4, -0.2) is 37.0 Å². The van der Waals surface area contributed by atoms with E-state index in [0.29, 0.717) is 10.8 Å². The van der Waals surface area contributed by atoms with Crippen LogP contribution in [0.15, 0.2) is 18.2 Å². The number of ether oxygens (including phenoxy) is 1. The van der Waals surface area contributed by atoms with E-state index in [9.17, 15) is 4.79 Å². The highest BCUT2D eigenvalue weighted by molar-refractivity contribution is 6.32. The maximum absolute atomic E-state index is 11.9. The first-order valence-electron chi connectivity index (χ1n) is 7.55. The molecule has 4 nitrogen and oxygen atoms in total. The van der Waals surface area contributed by atoms with Crippen LogP contribution < -0.4 is 10.1 Å². The Hall–Kier alpha value is -1.26. The van der Waals surface area contributed by atoms with E-state index in [1.807, 2.05) is 23.1 Å². The second-order valence-electron chi connectivity index (χ2n) is 5.35. The van der Waals surface area contributed by atoms with Gasteiger partial charge < -0.3 is 15.0 Å². The molecule has 1 aromatic carbocycles. The van der Waals surface area contributed by atoms with Crippen molar-refractivity contribution in [3.63, 3.8) is 0 Å². The molecule has 0 bridgehead atoms. The molecular weight excluding hydrogens is 288 g/mol. The summed E-state index contributed by atoms with van der Waals surface area (Å²) in [4.78, 5) is 13.8. The van der Waals surface area contributed by atoms with Crippen molar-refractivity contribution in [2.24, 2.45) is 0 Å². The third kappa shape index (κ3) is 4.35. The minimum atomic E-state index is 0.0358. The fourth-order valence-electron chi connectivity index (χ4n) is 2.52. The smallest absolute Gasteiger partial charge is 0.260 e. The minimum absolute atomic E-state index is 0.0358. The Morgan fingerprint density at radius 2 is 2.14 bits per heavy atom. The zero-order valence-corrected chi connectivity index (χ0v) is 13.4. The van der Waals surface area contributed by atoms with Crippen LogP contribution in [0.25, 0.3) is 0 Å². The molecule has 5 heteroatoms. The molecule has 1 amide bonds. The summed E-state index contributed by atoms with van der Waals surface area (Å²) in [7, 11) is 0. The summed E-state index contributed by atoms with van der Waals surface area (Å²) in [6.07, 6.45) is 2.17. The number of nitrogens with one attached hydrogen (secondary N) is 1. The monoisotopic (exact) mass is 310 g/mol. The summed E-state index contributed by atoms with van der Waals surface area (Å²) in [6.45, 7) is 6.81. The molecule has 1 N–H and O–H groups in total. The second-order valence-corrected chi connectivity index (χ2v) is 5.75. The summed E-state index contributed by atoms with van der Waals surface area (Å²) < 4.78 is 5.56. The molecule has 0 saturated carbocycles. The van der Waals surface area contributed by atoms with Gasteiger partial charge in [0, 0.05) is 19.1 Å². The molecule has 0 aliphatic carbocycles. The average molecular weight is 311 g/mol. The van der Waals surface area contributed by atoms with E-state index in [1.54, 1.807) is 0 Å². The normalized spacial score (nSPS) is 16.0. The highest BCUT2D eigenvalue weighted by Crippen LogP contribution is 2.28. The van der Waals surface area contributed by atoms with Gasteiger partial charge in [-0.3, -0.25) is 4.79 Å². The van der Waals surface area contributed by atoms with E-state index in [4.69, 9.17) is 16.3 Å². The van der Waals surface area contributed by atoms with Gasteiger partial charge in [0.2, 0.25) is 0 Å². The first-order chi connectivity index (χ1) is 10.1. The van der Waals surface area contributed by atoms with Crippen molar-refractivity contribution in [2.45, 2.75) is 32.7 Å². The Morgan fingerprint density at radius 1 is 1.43 bits per heavy atom. The molecule has 2 rings (SSSR count). The Balaban J connectivity index is 1.92. The lowest BCUT2D eigenvalue weighted by Gasteiger charge is -2.17. The molecule has 116 valence electrons. The van der Waals surface area contributed by atoms with Gasteiger partial charge in [0.25, 0.3) is 5.91 Å². The number of carbonyl (C=O) groups excluding carboxylic acids is 1. The molecule has 1 heterocycles. The van der Waals surface area contributed by atoms with Crippen LogP contribution in [0.4, 0.5) is 0 Å². The van der Waals surface area contributed by atoms with Crippen molar-refractivity contribution in [2.75, 3.05) is 26.2 Å². The molecule has 1 atom stereocenters. The average Bonchev–Trinajstić information content (AvgIpc) is 3.00. The highest BCUT2D eigenvalue weighted by Gasteiger charge is 2.18. The molecule has 0 aromatic heterocycles. The lowest BCUT2D eigenvalue weighted by Crippen LogP contribution is -2.32. The molecule has 1 saturated heterocycles. The third-order valence-corrected chi connectivity index (χ3v) is 4.07. The molecular formula is C16H23ClN2O2. The first kappa shape index (κ1) is 16.1. The van der Waals surface area contributed by atoms with Crippen molar-refractivity contribution in [1.29, 1.82) is 0 Å². The number of likely N-dealkylation sites (tertiary alicyclic amines) is 1. The standard InChI is InChI=1S/C16H23ClN2O2/c1-3-18-12(2)13-6-7-15(14(17)10-13)21-11-16(20)19-8-4-5-9-19/h6-7,10,12,18H,3-5,8-9,11H2,1-2H3. The fourth-order valence-corrected chi connectivity index (χ4v) is 2.77. The summed E-state index contributed by atoms with van der Waals surface area (Å²) >= 11 is 6.24. The summed E-state index contributed by atoms with van der Waals surface area (Å²) in [5.41, 5.74) is 1.11. The number of amides is 1. The van der Waals surface area contributed by atoms with Gasteiger partial charge in [-0.05, 0) is 44.0 Å². The number of rotatable bonds is 6. The number of halogens is 1. The quantitative estimate of drug-likeness (QED) is 0.878. The lowest BCUT2D eigenvalue weighted by molar-refractivity contribution is -0.132. The van der Waals surface area contributed by atoms with Crippen LogP contribution in [0.5, 0.6) is 5.75 Å². The van der Waals surface area contributed by atoms with Crippen LogP contribution in [0.2, 0.25) is 5.02 Å². The Labute approximate surface area is 131 Å². The predicted octanol–water partition coefficient (Wildman–Crippen LogP) is 3.01. The molecule has 1 aromatic rings. The first-order valence-corrected chi connectivity index (χ1v) is 7.93. The van der Waals surface area contributed by atoms with Crippen LogP contribution in [0.3, 0.4) is 0 Å². The number of nitrogens with zero attached hydrogens (tertiary/aromatic N) is 1. The zero-order chi connectivity index (χ0) is 15.2. The number of carbonyl (C=O) groups is 1. The highest BCUT2D eigenvalue weighted by atomic mass is 35.5. The van der Waals surface area contributed by atoms with Crippen molar-refractivity contribution in [3.05, 3.63) is 28.8 Å². The maximum Gasteiger partial charge on any atom is 0.260 e. The van der Waals surface area contributed by atoms with Crippen LogP contribution in [0.1, 0.15) is 38.3 Å². The van der Waals surface area contributed by atoms with Crippen LogP contribution in [0, 0.1) is 0 Å². The van der Waals surface area contributed by atoms with Gasteiger partial charge in [-0.25, -0.2) is 0 Å². The number of hydrogen-bond acceptors (Lipinski definition) is 3. The SMILES string of the molecule is CCNC(C)c1ccc(OCC(=O)N2CCCC2)c(Cl)c1. The summed E-state index contributed by atoms with van der Waals surface area (Å²) in [6, 6.07) is 5.95. The topological polar surface area (TPSA) is 41.6 Å². The molecule has 1 aliphatic rings. The Morgan fingerprint density at radius 3 is 2.76 bits per heavy atom. The van der Waals surface area contributed by atoms with Crippen molar-refractivity contribution < 1.29 is 9.53 Å². The fraction of sp³-hybridized carbons (Fsp3) is 0.562. The number of hydrogen-bond donors (Lipinski definition) is 1. The Kier molecular flexibility index (Phi) is 5.88. The van der Waals surface area contributed by atoms with Gasteiger partial charge in [0.05, 0.1) is 5.02 Å². The third-order valence-electron chi connectivity index (χ3n) is 3.78. The van der Waals surface area contributed by atoms with Crippen LogP contribution >= 0.6 is 11.6 Å². The molecule has 1 unspecified atom stereocenters. The van der Waals surface area contributed by atoms with E-state index < -0.39 is 0 Å². The molecule has 0 radical (unpaired) electrons. The van der Waals surface area contributed by atoms with Gasteiger partial charge in [0.1, 0.15) is 5.75 Å². The van der Waals surface area contributed by atoms with Crippen molar-refractivity contribution in [1.82, 2.24) is 10.2 Å². The van der Waals surface area contributed by atoms with Gasteiger partial charge >= 0.3 is 0 Å². The van der Waals surface area contributed by atoms with E-state index in [1.165, 1.54) is 0 Å². The van der Waals surface area contributed by atoms with Gasteiger partial charge in [-0.1, -0.05) is 24.6 Å². The molecule has 1 aliphatic heterocycles. The maximum atomic E-state index is 11.9. The van der Waals surface area contributed by atoms with Gasteiger partial charge in [-0.15, -0.1) is 0 Å². The summed E-state index contributed by atoms with van der Waals surface area (Å²) in [5, 5.41) is 3.88. The van der Waals surface area contributed by atoms with E-state index in [-0.39, 0.29) is 18.6 Å². The Bertz CT molecular complexity index is 487. The van der Waals surface area contributed by atoms with E-state index in [0.717, 1.165) is 38.0 Å². The second kappa shape index (κ2) is 7.66.